The first-order chi connectivity index (χ1) is 34.7. The maximum absolute atomic E-state index is 6.70. The smallest absolute Gasteiger partial charge is 0.167 e. The predicted molar refractivity (Wildman–Crippen MR) is 283 cm³/mol. The molecule has 0 amide bonds. The number of rotatable bonds is 6. The third-order valence-corrected chi connectivity index (χ3v) is 13.9. The number of benzene rings is 10. The second-order valence-electron chi connectivity index (χ2n) is 17.9. The van der Waals surface area contributed by atoms with E-state index in [1.54, 1.807) is 0 Å². The molecule has 0 fully saturated rings. The molecule has 10 aromatic carbocycles. The fourth-order valence-electron chi connectivity index (χ4n) is 10.7. The van der Waals surface area contributed by atoms with Gasteiger partial charge in [0.05, 0.1) is 16.6 Å². The average molecular weight is 897 g/mol. The number of hydrogen-bond acceptors (Lipinski definition) is 6. The number of furan rings is 3. The van der Waals surface area contributed by atoms with E-state index in [4.69, 9.17) is 28.2 Å². The SMILES string of the molecule is c1ccc(-c2nc(-c3cccc4c3oc3ccccc34)nc(-c3cccc4oc5ccc(-c6cccc7oc8cc(-c9ccc%10c(c9)c9ccccc9n%10-c9ccccc9)ccc8c67)cc5c34)n2)cc1. The maximum atomic E-state index is 6.70. The summed E-state index contributed by atoms with van der Waals surface area (Å²) in [5.41, 5.74) is 15.1. The first-order valence-electron chi connectivity index (χ1n) is 23.4. The number of para-hydroxylation sites is 4. The lowest BCUT2D eigenvalue weighted by Gasteiger charge is -2.10. The summed E-state index contributed by atoms with van der Waals surface area (Å²) in [6, 6.07) is 75.7. The zero-order chi connectivity index (χ0) is 45.9. The van der Waals surface area contributed by atoms with Gasteiger partial charge < -0.3 is 17.8 Å². The lowest BCUT2D eigenvalue weighted by Crippen LogP contribution is -2.00. The van der Waals surface area contributed by atoms with Gasteiger partial charge in [0.2, 0.25) is 0 Å². The van der Waals surface area contributed by atoms with Crippen molar-refractivity contribution in [1.82, 2.24) is 19.5 Å². The summed E-state index contributed by atoms with van der Waals surface area (Å²) < 4.78 is 22.1. The number of fused-ring (bicyclic) bond motifs is 12. The molecule has 0 spiro atoms. The second kappa shape index (κ2) is 15.0. The summed E-state index contributed by atoms with van der Waals surface area (Å²) in [6.45, 7) is 0. The van der Waals surface area contributed by atoms with Gasteiger partial charge >= 0.3 is 0 Å². The van der Waals surface area contributed by atoms with E-state index >= 15 is 0 Å². The van der Waals surface area contributed by atoms with Gasteiger partial charge in [0.25, 0.3) is 0 Å². The Kier molecular flexibility index (Phi) is 8.23. The molecule has 326 valence electrons. The van der Waals surface area contributed by atoms with Gasteiger partial charge in [-0.05, 0) is 101 Å². The van der Waals surface area contributed by atoms with Crippen molar-refractivity contribution in [2.75, 3.05) is 0 Å². The van der Waals surface area contributed by atoms with E-state index in [-0.39, 0.29) is 0 Å². The van der Waals surface area contributed by atoms with E-state index < -0.39 is 0 Å². The van der Waals surface area contributed by atoms with Crippen LogP contribution < -0.4 is 0 Å². The van der Waals surface area contributed by atoms with Crippen LogP contribution in [0.15, 0.2) is 232 Å². The summed E-state index contributed by atoms with van der Waals surface area (Å²) >= 11 is 0. The first kappa shape index (κ1) is 38.5. The molecule has 0 aliphatic heterocycles. The quantitative estimate of drug-likeness (QED) is 0.165. The van der Waals surface area contributed by atoms with Gasteiger partial charge in [0.15, 0.2) is 17.5 Å². The van der Waals surface area contributed by atoms with E-state index in [0.29, 0.717) is 17.5 Å². The molecule has 0 saturated carbocycles. The van der Waals surface area contributed by atoms with Crippen molar-refractivity contribution in [3.05, 3.63) is 218 Å². The van der Waals surface area contributed by atoms with Crippen molar-refractivity contribution < 1.29 is 13.3 Å². The second-order valence-corrected chi connectivity index (χ2v) is 17.9. The van der Waals surface area contributed by atoms with Crippen molar-refractivity contribution in [2.45, 2.75) is 0 Å². The molecular formula is C63H36N4O3. The Labute approximate surface area is 399 Å². The van der Waals surface area contributed by atoms with Crippen LogP contribution in [-0.2, 0) is 0 Å². The predicted octanol–water partition coefficient (Wildman–Crippen LogP) is 17.0. The van der Waals surface area contributed by atoms with E-state index in [0.717, 1.165) is 110 Å². The minimum atomic E-state index is 0.525. The number of aromatic nitrogens is 4. The highest BCUT2D eigenvalue weighted by Crippen LogP contribution is 2.44. The van der Waals surface area contributed by atoms with Crippen molar-refractivity contribution >= 4 is 87.6 Å². The van der Waals surface area contributed by atoms with Gasteiger partial charge in [-0.3, -0.25) is 0 Å². The van der Waals surface area contributed by atoms with Crippen LogP contribution in [0.25, 0.3) is 150 Å². The Bertz CT molecular complexity index is 4600. The highest BCUT2D eigenvalue weighted by atomic mass is 16.3. The molecule has 7 nitrogen and oxygen atoms in total. The van der Waals surface area contributed by atoms with E-state index in [9.17, 15) is 0 Å². The third-order valence-electron chi connectivity index (χ3n) is 13.9. The molecule has 5 heterocycles. The molecule has 5 aromatic heterocycles. The van der Waals surface area contributed by atoms with Gasteiger partial charge in [-0.15, -0.1) is 0 Å². The normalized spacial score (nSPS) is 12.0. The van der Waals surface area contributed by atoms with Crippen LogP contribution in [0.3, 0.4) is 0 Å². The molecule has 0 unspecified atom stereocenters. The Hall–Kier alpha value is -9.59. The molecule has 15 rings (SSSR count). The molecular weight excluding hydrogens is 861 g/mol. The highest BCUT2D eigenvalue weighted by Gasteiger charge is 2.22. The molecule has 0 atom stereocenters. The van der Waals surface area contributed by atoms with Crippen LogP contribution in [0.1, 0.15) is 0 Å². The van der Waals surface area contributed by atoms with Crippen molar-refractivity contribution in [2.24, 2.45) is 0 Å². The summed E-state index contributed by atoms with van der Waals surface area (Å²) in [5.74, 6) is 1.63. The molecule has 0 radical (unpaired) electrons. The average Bonchev–Trinajstić information content (AvgIpc) is 4.19. The Balaban J connectivity index is 0.864. The van der Waals surface area contributed by atoms with Crippen molar-refractivity contribution in [3.8, 4) is 62.1 Å². The first-order valence-corrected chi connectivity index (χ1v) is 23.4. The topological polar surface area (TPSA) is 83.0 Å². The lowest BCUT2D eigenvalue weighted by molar-refractivity contribution is 0.668. The van der Waals surface area contributed by atoms with E-state index in [2.05, 4.69) is 150 Å². The summed E-state index contributed by atoms with van der Waals surface area (Å²) in [6.07, 6.45) is 0. The Morgan fingerprint density at radius 1 is 0.286 bits per heavy atom. The van der Waals surface area contributed by atoms with Crippen LogP contribution in [0.4, 0.5) is 0 Å². The van der Waals surface area contributed by atoms with Gasteiger partial charge in [-0.2, -0.15) is 0 Å². The zero-order valence-corrected chi connectivity index (χ0v) is 37.3. The minimum Gasteiger partial charge on any atom is -0.456 e. The fourth-order valence-corrected chi connectivity index (χ4v) is 10.7. The van der Waals surface area contributed by atoms with Gasteiger partial charge in [0.1, 0.15) is 33.5 Å². The number of nitrogens with zero attached hydrogens (tertiary/aromatic N) is 4. The molecule has 0 aliphatic carbocycles. The Morgan fingerprint density at radius 3 is 1.71 bits per heavy atom. The molecule has 70 heavy (non-hydrogen) atoms. The third kappa shape index (κ3) is 5.85. The van der Waals surface area contributed by atoms with E-state index in [1.807, 2.05) is 72.8 Å². The fraction of sp³-hybridized carbons (Fsp3) is 0. The number of hydrogen-bond donors (Lipinski definition) is 0. The summed E-state index contributed by atoms with van der Waals surface area (Å²) in [4.78, 5) is 15.5. The largest absolute Gasteiger partial charge is 0.456 e. The van der Waals surface area contributed by atoms with Crippen LogP contribution in [0, 0.1) is 0 Å². The monoisotopic (exact) mass is 896 g/mol. The van der Waals surface area contributed by atoms with Gasteiger partial charge in [0, 0.05) is 59.9 Å². The summed E-state index contributed by atoms with van der Waals surface area (Å²) in [7, 11) is 0. The van der Waals surface area contributed by atoms with Crippen molar-refractivity contribution in [3.63, 3.8) is 0 Å². The molecule has 0 saturated heterocycles. The maximum Gasteiger partial charge on any atom is 0.167 e. The standard InChI is InChI=1S/C63H36N4O3/c1-3-14-37(15-4-1)61-64-62(66-63(65-61)48-23-11-21-45-44-19-8-10-25-53(44)70-60(45)48)47-22-13-27-56-59(47)50-35-40(30-33-54(50)68-56)42-20-12-26-55-58(42)46-31-28-39(36-57(46)69-55)38-29-32-52-49(34-38)43-18-7-9-24-51(43)67(52)41-16-5-2-6-17-41/h1-36H. The molecule has 0 N–H and O–H groups in total. The van der Waals surface area contributed by atoms with Gasteiger partial charge in [-0.25, -0.2) is 15.0 Å². The van der Waals surface area contributed by atoms with Crippen LogP contribution in [-0.4, -0.2) is 19.5 Å². The van der Waals surface area contributed by atoms with Crippen molar-refractivity contribution in [1.29, 1.82) is 0 Å². The van der Waals surface area contributed by atoms with Gasteiger partial charge in [-0.1, -0.05) is 140 Å². The van der Waals surface area contributed by atoms with Crippen LogP contribution in [0.2, 0.25) is 0 Å². The molecule has 0 aliphatic rings. The molecule has 0 bridgehead atoms. The highest BCUT2D eigenvalue weighted by molar-refractivity contribution is 6.17. The minimum absolute atomic E-state index is 0.525. The van der Waals surface area contributed by atoms with Crippen LogP contribution >= 0.6 is 0 Å². The molecule has 7 heteroatoms. The summed E-state index contributed by atoms with van der Waals surface area (Å²) in [5, 5.41) is 8.49. The molecule has 15 aromatic rings. The zero-order valence-electron chi connectivity index (χ0n) is 37.3. The lowest BCUT2D eigenvalue weighted by atomic mass is 9.96. The van der Waals surface area contributed by atoms with E-state index in [1.165, 1.54) is 21.8 Å². The Morgan fingerprint density at radius 2 is 0.857 bits per heavy atom. The van der Waals surface area contributed by atoms with Crippen LogP contribution in [0.5, 0.6) is 0 Å².